The van der Waals surface area contributed by atoms with Crippen molar-refractivity contribution in [3.8, 4) is 5.88 Å². The van der Waals surface area contributed by atoms with Gasteiger partial charge >= 0.3 is 0 Å². The van der Waals surface area contributed by atoms with Crippen LogP contribution in [0.2, 0.25) is 0 Å². The molecular formula is C20H25FN2O. The summed E-state index contributed by atoms with van der Waals surface area (Å²) >= 11 is 0. The van der Waals surface area contributed by atoms with E-state index in [-0.39, 0.29) is 11.4 Å². The number of hydrogen-bond acceptors (Lipinski definition) is 3. The van der Waals surface area contributed by atoms with Crippen LogP contribution in [0.4, 0.5) is 10.1 Å². The second-order valence-corrected chi connectivity index (χ2v) is 7.74. The fourth-order valence-electron chi connectivity index (χ4n) is 4.78. The highest BCUT2D eigenvalue weighted by atomic mass is 19.1. The van der Waals surface area contributed by atoms with Gasteiger partial charge in [-0.2, -0.15) is 0 Å². The van der Waals surface area contributed by atoms with Crippen molar-refractivity contribution in [2.75, 3.05) is 12.4 Å². The summed E-state index contributed by atoms with van der Waals surface area (Å²) in [4.78, 5) is 4.56. The van der Waals surface area contributed by atoms with Gasteiger partial charge in [0.1, 0.15) is 5.83 Å². The van der Waals surface area contributed by atoms with Gasteiger partial charge in [-0.05, 0) is 75.0 Å². The third-order valence-corrected chi connectivity index (χ3v) is 5.92. The number of methoxy groups -OCH3 is 1. The number of hydrogen-bond donors (Lipinski definition) is 1. The molecule has 24 heavy (non-hydrogen) atoms. The molecule has 0 radical (unpaired) electrons. The third kappa shape index (κ3) is 2.43. The molecule has 0 aliphatic heterocycles. The maximum Gasteiger partial charge on any atom is 0.216 e. The minimum Gasteiger partial charge on any atom is -0.481 e. The minimum absolute atomic E-state index is 0.108. The number of allylic oxidation sites excluding steroid dienone is 2. The average molecular weight is 328 g/mol. The first-order chi connectivity index (χ1) is 11.5. The Morgan fingerprint density at radius 2 is 1.88 bits per heavy atom. The average Bonchev–Trinajstić information content (AvgIpc) is 2.60. The molecule has 1 N–H and O–H groups in total. The van der Waals surface area contributed by atoms with Crippen molar-refractivity contribution in [1.82, 2.24) is 4.98 Å². The Bertz CT molecular complexity index is 731. The normalized spacial score (nSPS) is 31.2. The van der Waals surface area contributed by atoms with Crippen LogP contribution in [0.1, 0.15) is 68.9 Å². The van der Waals surface area contributed by atoms with Crippen LogP contribution in [0.25, 0.3) is 0 Å². The zero-order valence-electron chi connectivity index (χ0n) is 14.7. The Hall–Kier alpha value is -1.84. The lowest BCUT2D eigenvalue weighted by atomic mass is 9.67. The molecule has 0 amide bonds. The fraction of sp³-hybridized carbons (Fsp3) is 0.550. The number of rotatable bonds is 3. The highest BCUT2D eigenvalue weighted by molar-refractivity contribution is 5.62. The molecule has 1 unspecified atom stereocenters. The van der Waals surface area contributed by atoms with Crippen molar-refractivity contribution in [3.63, 3.8) is 0 Å². The molecule has 1 atom stereocenters. The van der Waals surface area contributed by atoms with Gasteiger partial charge in [0.25, 0.3) is 0 Å². The Labute approximate surface area is 143 Å². The van der Waals surface area contributed by atoms with Crippen LogP contribution in [0.3, 0.4) is 0 Å². The van der Waals surface area contributed by atoms with Gasteiger partial charge in [-0.15, -0.1) is 0 Å². The molecular weight excluding hydrogens is 303 g/mol. The molecule has 1 heterocycles. The smallest absolute Gasteiger partial charge is 0.216 e. The van der Waals surface area contributed by atoms with E-state index in [1.54, 1.807) is 13.2 Å². The van der Waals surface area contributed by atoms with Crippen molar-refractivity contribution >= 4 is 5.69 Å². The van der Waals surface area contributed by atoms with Crippen LogP contribution < -0.4 is 10.1 Å². The lowest BCUT2D eigenvalue weighted by Gasteiger charge is -2.41. The summed E-state index contributed by atoms with van der Waals surface area (Å²) in [5, 5.41) is 3.67. The van der Waals surface area contributed by atoms with E-state index in [1.165, 1.54) is 36.8 Å². The van der Waals surface area contributed by atoms with E-state index in [4.69, 9.17) is 4.74 Å². The van der Waals surface area contributed by atoms with Gasteiger partial charge in [0.2, 0.25) is 5.88 Å². The number of aromatic nitrogens is 1. The highest BCUT2D eigenvalue weighted by Crippen LogP contribution is 2.54. The van der Waals surface area contributed by atoms with E-state index in [0.29, 0.717) is 18.3 Å². The maximum absolute atomic E-state index is 13.7. The lowest BCUT2D eigenvalue weighted by Crippen LogP contribution is -2.36. The van der Waals surface area contributed by atoms with Crippen molar-refractivity contribution in [1.29, 1.82) is 0 Å². The van der Waals surface area contributed by atoms with Crippen molar-refractivity contribution in [3.05, 3.63) is 40.9 Å². The molecule has 128 valence electrons. The standard InChI is InChI=1S/C20H25FN2O/c1-12-10-20(2,9-8-15(12)21)23-16-11-22-19(24-3)18-14-6-4-13(5-7-14)17(16)18/h8-9,11,13-14,23H,4-7,10H2,1-3H3. The zero-order chi connectivity index (χ0) is 16.9. The van der Waals surface area contributed by atoms with E-state index >= 15 is 0 Å². The Kier molecular flexibility index (Phi) is 3.66. The maximum atomic E-state index is 13.7. The molecule has 4 heteroatoms. The summed E-state index contributed by atoms with van der Waals surface area (Å²) in [6.07, 6.45) is 11.1. The molecule has 0 spiro atoms. The van der Waals surface area contributed by atoms with Crippen molar-refractivity contribution < 1.29 is 9.13 Å². The fourth-order valence-corrected chi connectivity index (χ4v) is 4.78. The van der Waals surface area contributed by atoms with Crippen LogP contribution in [-0.4, -0.2) is 17.6 Å². The van der Waals surface area contributed by atoms with E-state index in [1.807, 2.05) is 19.2 Å². The van der Waals surface area contributed by atoms with E-state index in [2.05, 4.69) is 17.2 Å². The summed E-state index contributed by atoms with van der Waals surface area (Å²) < 4.78 is 19.2. The molecule has 0 aromatic carbocycles. The van der Waals surface area contributed by atoms with Gasteiger partial charge in [0.15, 0.2) is 0 Å². The first-order valence-electron chi connectivity index (χ1n) is 8.90. The van der Waals surface area contributed by atoms with E-state index in [0.717, 1.165) is 17.1 Å². The lowest BCUT2D eigenvalue weighted by molar-refractivity contribution is 0.328. The van der Waals surface area contributed by atoms with Gasteiger partial charge in [-0.1, -0.05) is 6.08 Å². The SMILES string of the molecule is COc1ncc(NC2(C)C=CC(F)=C(C)C2)c2c1C1CCC2CC1. The first-order valence-corrected chi connectivity index (χ1v) is 8.90. The second-order valence-electron chi connectivity index (χ2n) is 7.74. The van der Waals surface area contributed by atoms with Crippen molar-refractivity contribution in [2.45, 2.75) is 63.3 Å². The van der Waals surface area contributed by atoms with Gasteiger partial charge < -0.3 is 10.1 Å². The summed E-state index contributed by atoms with van der Waals surface area (Å²) in [6, 6.07) is 0. The van der Waals surface area contributed by atoms with Gasteiger partial charge in [0.05, 0.1) is 24.5 Å². The third-order valence-electron chi connectivity index (χ3n) is 5.92. The van der Waals surface area contributed by atoms with Crippen LogP contribution in [-0.2, 0) is 0 Å². The van der Waals surface area contributed by atoms with Gasteiger partial charge in [-0.25, -0.2) is 9.37 Å². The minimum atomic E-state index is -0.277. The van der Waals surface area contributed by atoms with Crippen molar-refractivity contribution in [2.24, 2.45) is 0 Å². The second kappa shape index (κ2) is 5.61. The van der Waals surface area contributed by atoms with E-state index < -0.39 is 0 Å². The largest absolute Gasteiger partial charge is 0.481 e. The molecule has 2 bridgehead atoms. The van der Waals surface area contributed by atoms with Crippen LogP contribution in [0.15, 0.2) is 29.7 Å². The molecule has 1 fully saturated rings. The zero-order valence-corrected chi connectivity index (χ0v) is 14.7. The molecule has 1 saturated carbocycles. The summed E-state index contributed by atoms with van der Waals surface area (Å²) in [5.74, 6) is 1.84. The number of fused-ring (bicyclic) bond motifs is 2. The molecule has 4 aliphatic rings. The van der Waals surface area contributed by atoms with Crippen LogP contribution >= 0.6 is 0 Å². The first kappa shape index (κ1) is 15.7. The molecule has 1 aromatic heterocycles. The number of anilines is 1. The number of nitrogens with one attached hydrogen (secondary N) is 1. The van der Waals surface area contributed by atoms with Crippen LogP contribution in [0, 0.1) is 0 Å². The topological polar surface area (TPSA) is 34.1 Å². The summed E-state index contributed by atoms with van der Waals surface area (Å²) in [6.45, 7) is 3.99. The number of pyridine rings is 1. The predicted molar refractivity (Wildman–Crippen MR) is 94.3 cm³/mol. The van der Waals surface area contributed by atoms with Crippen LogP contribution in [0.5, 0.6) is 5.88 Å². The molecule has 5 rings (SSSR count). The Morgan fingerprint density at radius 1 is 1.21 bits per heavy atom. The monoisotopic (exact) mass is 328 g/mol. The predicted octanol–water partition coefficient (Wildman–Crippen LogP) is 5.22. The summed E-state index contributed by atoms with van der Waals surface area (Å²) in [5.41, 5.74) is 4.32. The highest BCUT2D eigenvalue weighted by Gasteiger charge is 2.38. The Morgan fingerprint density at radius 3 is 2.50 bits per heavy atom. The molecule has 0 saturated heterocycles. The van der Waals surface area contributed by atoms with Gasteiger partial charge in [-0.3, -0.25) is 0 Å². The quantitative estimate of drug-likeness (QED) is 0.826. The number of ether oxygens (including phenoxy) is 1. The molecule has 3 nitrogen and oxygen atoms in total. The van der Waals surface area contributed by atoms with Gasteiger partial charge in [0, 0.05) is 5.56 Å². The number of nitrogens with zero attached hydrogens (tertiary/aromatic N) is 1. The number of halogens is 1. The Balaban J connectivity index is 1.73. The molecule has 1 aromatic rings. The summed E-state index contributed by atoms with van der Waals surface area (Å²) in [7, 11) is 1.71. The van der Waals surface area contributed by atoms with E-state index in [9.17, 15) is 4.39 Å². The molecule has 4 aliphatic carbocycles.